The zero-order valence-electron chi connectivity index (χ0n) is 17.4. The van der Waals surface area contributed by atoms with Crippen LogP contribution in [0.25, 0.3) is 0 Å². The smallest absolute Gasteiger partial charge is 0.253 e. The highest BCUT2D eigenvalue weighted by atomic mass is 16.5. The maximum absolute atomic E-state index is 12.9. The van der Waals surface area contributed by atoms with Crippen LogP contribution < -0.4 is 15.4 Å². The van der Waals surface area contributed by atoms with Gasteiger partial charge in [-0.15, -0.1) is 0 Å². The minimum atomic E-state index is 0.0137. The van der Waals surface area contributed by atoms with Gasteiger partial charge in [0, 0.05) is 37.2 Å². The van der Waals surface area contributed by atoms with Crippen LogP contribution in [0.5, 0.6) is 5.75 Å². The van der Waals surface area contributed by atoms with E-state index < -0.39 is 0 Å². The molecule has 29 heavy (non-hydrogen) atoms. The zero-order chi connectivity index (χ0) is 20.2. The fourth-order valence-electron chi connectivity index (χ4n) is 5.13. The molecule has 6 heteroatoms. The van der Waals surface area contributed by atoms with Crippen LogP contribution in [0.15, 0.2) is 18.2 Å². The Hall–Kier alpha value is -2.08. The number of benzene rings is 1. The van der Waals surface area contributed by atoms with Gasteiger partial charge in [-0.2, -0.15) is 0 Å². The molecule has 3 heterocycles. The van der Waals surface area contributed by atoms with E-state index in [2.05, 4.69) is 10.6 Å². The summed E-state index contributed by atoms with van der Waals surface area (Å²) >= 11 is 0. The molecular formula is C23H33N3O3. The van der Waals surface area contributed by atoms with Crippen molar-refractivity contribution in [1.29, 1.82) is 0 Å². The highest BCUT2D eigenvalue weighted by Gasteiger charge is 2.34. The number of fused-ring (bicyclic) bond motifs is 2. The largest absolute Gasteiger partial charge is 0.492 e. The molecule has 0 spiro atoms. The Balaban J connectivity index is 1.44. The van der Waals surface area contributed by atoms with Crippen LogP contribution in [0, 0.1) is 5.92 Å². The molecule has 2 bridgehead atoms. The minimum Gasteiger partial charge on any atom is -0.492 e. The van der Waals surface area contributed by atoms with E-state index >= 15 is 0 Å². The molecule has 2 atom stereocenters. The van der Waals surface area contributed by atoms with E-state index in [-0.39, 0.29) is 11.8 Å². The van der Waals surface area contributed by atoms with Gasteiger partial charge in [0.1, 0.15) is 5.75 Å². The molecule has 4 rings (SSSR count). The highest BCUT2D eigenvalue weighted by Crippen LogP contribution is 2.33. The lowest BCUT2D eigenvalue weighted by Gasteiger charge is -2.28. The fraction of sp³-hybridized carbons (Fsp3) is 0.652. The predicted molar refractivity (Wildman–Crippen MR) is 113 cm³/mol. The van der Waals surface area contributed by atoms with Gasteiger partial charge >= 0.3 is 0 Å². The Morgan fingerprint density at radius 2 is 1.86 bits per heavy atom. The first-order valence-corrected chi connectivity index (χ1v) is 11.2. The van der Waals surface area contributed by atoms with Gasteiger partial charge in [-0.3, -0.25) is 9.59 Å². The van der Waals surface area contributed by atoms with E-state index in [1.54, 1.807) is 12.1 Å². The number of nitrogens with zero attached hydrogens (tertiary/aromatic N) is 1. The van der Waals surface area contributed by atoms with Crippen LogP contribution in [-0.4, -0.2) is 48.5 Å². The molecule has 2 amide bonds. The predicted octanol–water partition coefficient (Wildman–Crippen LogP) is 3.57. The van der Waals surface area contributed by atoms with Gasteiger partial charge in [0.15, 0.2) is 0 Å². The molecule has 3 aliphatic rings. The number of piperidine rings is 2. The first-order valence-electron chi connectivity index (χ1n) is 11.2. The van der Waals surface area contributed by atoms with Crippen LogP contribution >= 0.6 is 0 Å². The quantitative estimate of drug-likeness (QED) is 0.767. The van der Waals surface area contributed by atoms with E-state index in [0.29, 0.717) is 48.0 Å². The number of hydrogen-bond acceptors (Lipinski definition) is 4. The molecular weight excluding hydrogens is 366 g/mol. The van der Waals surface area contributed by atoms with Gasteiger partial charge in [-0.25, -0.2) is 0 Å². The van der Waals surface area contributed by atoms with E-state index in [1.807, 2.05) is 17.9 Å². The van der Waals surface area contributed by atoms with Gasteiger partial charge < -0.3 is 20.3 Å². The molecule has 6 nitrogen and oxygen atoms in total. The Bertz CT molecular complexity index is 733. The van der Waals surface area contributed by atoms with E-state index in [9.17, 15) is 9.59 Å². The second-order valence-electron chi connectivity index (χ2n) is 8.72. The number of amides is 2. The third kappa shape index (κ3) is 4.92. The van der Waals surface area contributed by atoms with Crippen molar-refractivity contribution in [3.05, 3.63) is 23.8 Å². The number of nitrogens with one attached hydrogen (secondary N) is 2. The van der Waals surface area contributed by atoms with Gasteiger partial charge in [-0.1, -0.05) is 0 Å². The van der Waals surface area contributed by atoms with E-state index in [1.165, 1.54) is 19.3 Å². The van der Waals surface area contributed by atoms with Crippen LogP contribution in [0.4, 0.5) is 5.69 Å². The molecule has 1 aromatic carbocycles. The summed E-state index contributed by atoms with van der Waals surface area (Å²) in [4.78, 5) is 27.6. The van der Waals surface area contributed by atoms with Crippen molar-refractivity contribution in [2.75, 3.05) is 25.0 Å². The zero-order valence-corrected chi connectivity index (χ0v) is 17.4. The second kappa shape index (κ2) is 9.16. The van der Waals surface area contributed by atoms with Gasteiger partial charge in [0.25, 0.3) is 5.91 Å². The number of carbonyl (C=O) groups is 2. The average molecular weight is 400 g/mol. The van der Waals surface area contributed by atoms with Crippen molar-refractivity contribution in [3.63, 3.8) is 0 Å². The maximum atomic E-state index is 12.9. The SMILES string of the molecule is CCOc1ccc(C(=O)N2CCCCC2)cc1NC(=O)CC1CC2CCC(C1)N2. The van der Waals surface area contributed by atoms with Gasteiger partial charge in [-0.05, 0) is 76.0 Å². The lowest BCUT2D eigenvalue weighted by Crippen LogP contribution is -2.39. The maximum Gasteiger partial charge on any atom is 0.253 e. The third-order valence-electron chi connectivity index (χ3n) is 6.49. The molecule has 2 N–H and O–H groups in total. The van der Waals surface area contributed by atoms with Crippen LogP contribution in [-0.2, 0) is 4.79 Å². The Labute approximate surface area is 173 Å². The fourth-order valence-corrected chi connectivity index (χ4v) is 5.13. The third-order valence-corrected chi connectivity index (χ3v) is 6.49. The van der Waals surface area contributed by atoms with E-state index in [4.69, 9.17) is 4.74 Å². The molecule has 3 fully saturated rings. The number of carbonyl (C=O) groups excluding carboxylic acids is 2. The van der Waals surface area contributed by atoms with Crippen molar-refractivity contribution in [2.24, 2.45) is 5.92 Å². The molecule has 3 aliphatic heterocycles. The molecule has 0 aliphatic carbocycles. The molecule has 0 radical (unpaired) electrons. The lowest BCUT2D eigenvalue weighted by molar-refractivity contribution is -0.117. The van der Waals surface area contributed by atoms with Crippen LogP contribution in [0.3, 0.4) is 0 Å². The summed E-state index contributed by atoms with van der Waals surface area (Å²) in [5.41, 5.74) is 1.22. The standard InChI is InChI=1S/C23H33N3O3/c1-2-29-21-9-6-17(23(28)26-10-4-3-5-11-26)15-20(21)25-22(27)14-16-12-18-7-8-19(13-16)24-18/h6,9,15-16,18-19,24H,2-5,7-8,10-14H2,1H3,(H,25,27). The van der Waals surface area contributed by atoms with Crippen molar-refractivity contribution in [1.82, 2.24) is 10.2 Å². The number of likely N-dealkylation sites (tertiary alicyclic amines) is 1. The van der Waals surface area contributed by atoms with Crippen molar-refractivity contribution in [2.45, 2.75) is 70.4 Å². The Morgan fingerprint density at radius 3 is 2.55 bits per heavy atom. The van der Waals surface area contributed by atoms with Crippen LogP contribution in [0.2, 0.25) is 0 Å². The summed E-state index contributed by atoms with van der Waals surface area (Å²) in [6.07, 6.45) is 8.47. The number of rotatable bonds is 6. The van der Waals surface area contributed by atoms with Crippen molar-refractivity contribution in [3.8, 4) is 5.75 Å². The van der Waals surface area contributed by atoms with Gasteiger partial charge in [0.05, 0.1) is 12.3 Å². The molecule has 0 aromatic heterocycles. The number of anilines is 1. The highest BCUT2D eigenvalue weighted by molar-refractivity contribution is 5.98. The summed E-state index contributed by atoms with van der Waals surface area (Å²) < 4.78 is 5.70. The average Bonchev–Trinajstić information content (AvgIpc) is 3.07. The summed E-state index contributed by atoms with van der Waals surface area (Å²) in [5, 5.41) is 6.66. The van der Waals surface area contributed by atoms with Crippen LogP contribution in [0.1, 0.15) is 68.6 Å². The summed E-state index contributed by atoms with van der Waals surface area (Å²) in [5.74, 6) is 1.11. The van der Waals surface area contributed by atoms with E-state index in [0.717, 1.165) is 38.8 Å². The monoisotopic (exact) mass is 399 g/mol. The number of ether oxygens (including phenoxy) is 1. The summed E-state index contributed by atoms with van der Waals surface area (Å²) in [7, 11) is 0. The summed E-state index contributed by atoms with van der Waals surface area (Å²) in [6, 6.07) is 6.56. The Morgan fingerprint density at radius 1 is 1.14 bits per heavy atom. The summed E-state index contributed by atoms with van der Waals surface area (Å²) in [6.45, 7) is 4.06. The van der Waals surface area contributed by atoms with Crippen molar-refractivity contribution >= 4 is 17.5 Å². The van der Waals surface area contributed by atoms with Crippen molar-refractivity contribution < 1.29 is 14.3 Å². The minimum absolute atomic E-state index is 0.0137. The topological polar surface area (TPSA) is 70.7 Å². The number of hydrogen-bond donors (Lipinski definition) is 2. The first kappa shape index (κ1) is 20.2. The first-order chi connectivity index (χ1) is 14.1. The molecule has 2 unspecified atom stereocenters. The molecule has 1 aromatic rings. The lowest BCUT2D eigenvalue weighted by atomic mass is 9.89. The molecule has 3 saturated heterocycles. The Kier molecular flexibility index (Phi) is 6.38. The second-order valence-corrected chi connectivity index (χ2v) is 8.72. The normalized spacial score (nSPS) is 26.2. The molecule has 0 saturated carbocycles. The van der Waals surface area contributed by atoms with Gasteiger partial charge in [0.2, 0.25) is 5.91 Å². The molecule has 158 valence electrons.